The van der Waals surface area contributed by atoms with Gasteiger partial charge < -0.3 is 5.32 Å². The van der Waals surface area contributed by atoms with Gasteiger partial charge in [-0.2, -0.15) is 0 Å². The van der Waals surface area contributed by atoms with E-state index in [0.717, 1.165) is 33.9 Å². The molecule has 1 atom stereocenters. The normalized spacial score (nSPS) is 15.9. The third-order valence-electron chi connectivity index (χ3n) is 5.15. The van der Waals surface area contributed by atoms with Crippen LogP contribution in [-0.2, 0) is 17.6 Å². The lowest BCUT2D eigenvalue weighted by atomic mass is 9.89. The molecular weight excluding hydrogens is 402 g/mol. The van der Waals surface area contributed by atoms with Gasteiger partial charge >= 0.3 is 0 Å². The summed E-state index contributed by atoms with van der Waals surface area (Å²) in [6.45, 7) is 5.73. The van der Waals surface area contributed by atoms with Crippen LogP contribution in [0.25, 0.3) is 10.2 Å². The molecule has 0 radical (unpaired) electrons. The monoisotopic (exact) mass is 425 g/mol. The molecule has 0 aliphatic heterocycles. The van der Waals surface area contributed by atoms with Crippen LogP contribution < -0.4 is 5.32 Å². The Morgan fingerprint density at radius 1 is 1.24 bits per heavy atom. The molecule has 1 unspecified atom stereocenters. The van der Waals surface area contributed by atoms with Crippen LogP contribution in [0.3, 0.4) is 0 Å². The van der Waals surface area contributed by atoms with Crippen LogP contribution in [-0.4, -0.2) is 27.4 Å². The summed E-state index contributed by atoms with van der Waals surface area (Å²) >= 11 is 3.25. The maximum absolute atomic E-state index is 12.5. The molecule has 1 amide bonds. The molecule has 2 heterocycles. The highest BCUT2D eigenvalue weighted by atomic mass is 32.2. The van der Waals surface area contributed by atoms with Gasteiger partial charge in [-0.3, -0.25) is 9.59 Å². The molecule has 3 aromatic rings. The summed E-state index contributed by atoms with van der Waals surface area (Å²) in [5, 5.41) is 4.94. The lowest BCUT2D eigenvalue weighted by molar-refractivity contribution is -0.113. The standard InChI is InChI=1S/C22H23N3O2S2/c1-12-4-9-17-18(10-12)29-22-20(17)21(23-14(3)24-22)28-11-19(27)25-16-7-5-15(6-8-16)13(2)26/h5-8,12H,4,9-11H2,1-3H3,(H,25,27). The molecule has 0 saturated heterocycles. The number of carbonyl (C=O) groups is 2. The first-order valence-corrected chi connectivity index (χ1v) is 11.5. The molecular formula is C22H23N3O2S2. The second kappa shape index (κ2) is 8.24. The first kappa shape index (κ1) is 20.0. The molecule has 0 spiro atoms. The van der Waals surface area contributed by atoms with Crippen molar-refractivity contribution in [1.29, 1.82) is 0 Å². The number of aryl methyl sites for hydroxylation is 2. The first-order valence-electron chi connectivity index (χ1n) is 9.73. The average molecular weight is 426 g/mol. The van der Waals surface area contributed by atoms with E-state index in [2.05, 4.69) is 22.2 Å². The number of thioether (sulfide) groups is 1. The number of nitrogens with zero attached hydrogens (tertiary/aromatic N) is 2. The van der Waals surface area contributed by atoms with Crippen molar-refractivity contribution in [2.24, 2.45) is 5.92 Å². The van der Waals surface area contributed by atoms with E-state index < -0.39 is 0 Å². The Labute approximate surface area is 178 Å². The molecule has 4 rings (SSSR count). The number of ketones is 1. The largest absolute Gasteiger partial charge is 0.325 e. The van der Waals surface area contributed by atoms with Crippen molar-refractivity contribution < 1.29 is 9.59 Å². The summed E-state index contributed by atoms with van der Waals surface area (Å²) in [6, 6.07) is 6.95. The number of aromatic nitrogens is 2. The molecule has 1 aliphatic rings. The highest BCUT2D eigenvalue weighted by molar-refractivity contribution is 8.00. The van der Waals surface area contributed by atoms with Crippen LogP contribution in [0.5, 0.6) is 0 Å². The van der Waals surface area contributed by atoms with Crippen molar-refractivity contribution in [3.8, 4) is 0 Å². The molecule has 29 heavy (non-hydrogen) atoms. The predicted molar refractivity (Wildman–Crippen MR) is 119 cm³/mol. The zero-order chi connectivity index (χ0) is 20.5. The minimum atomic E-state index is -0.0901. The Bertz CT molecular complexity index is 1090. The number of fused-ring (bicyclic) bond motifs is 3. The lowest BCUT2D eigenvalue weighted by Crippen LogP contribution is -2.14. The Kier molecular flexibility index (Phi) is 5.69. The Morgan fingerprint density at radius 2 is 2.00 bits per heavy atom. The van der Waals surface area contributed by atoms with Crippen LogP contribution in [0.1, 0.15) is 46.9 Å². The van der Waals surface area contributed by atoms with Crippen LogP contribution in [0, 0.1) is 12.8 Å². The highest BCUT2D eigenvalue weighted by Gasteiger charge is 2.24. The van der Waals surface area contributed by atoms with Crippen molar-refractivity contribution in [3.05, 3.63) is 46.1 Å². The summed E-state index contributed by atoms with van der Waals surface area (Å²) < 4.78 is 0. The van der Waals surface area contributed by atoms with E-state index in [-0.39, 0.29) is 17.4 Å². The van der Waals surface area contributed by atoms with Crippen LogP contribution in [0.2, 0.25) is 0 Å². The zero-order valence-corrected chi connectivity index (χ0v) is 18.4. The number of amides is 1. The number of Topliss-reactive ketones (excluding diaryl/α,β-unsaturated/α-hetero) is 1. The summed E-state index contributed by atoms with van der Waals surface area (Å²) in [6.07, 6.45) is 3.36. The van der Waals surface area contributed by atoms with Gasteiger partial charge in [0.1, 0.15) is 15.7 Å². The molecule has 2 aromatic heterocycles. The summed E-state index contributed by atoms with van der Waals surface area (Å²) in [5.74, 6) is 1.65. The molecule has 150 valence electrons. The van der Waals surface area contributed by atoms with Gasteiger partial charge in [-0.15, -0.1) is 11.3 Å². The van der Waals surface area contributed by atoms with Crippen molar-refractivity contribution in [2.75, 3.05) is 11.1 Å². The number of rotatable bonds is 5. The molecule has 1 aliphatic carbocycles. The molecule has 0 fully saturated rings. The third-order valence-corrected chi connectivity index (χ3v) is 7.27. The first-order chi connectivity index (χ1) is 13.9. The Balaban J connectivity index is 1.50. The fourth-order valence-corrected chi connectivity index (χ4v) is 6.03. The van der Waals surface area contributed by atoms with E-state index in [1.54, 1.807) is 35.6 Å². The number of thiophene rings is 1. The van der Waals surface area contributed by atoms with Gasteiger partial charge in [0.05, 0.1) is 5.75 Å². The molecule has 0 saturated carbocycles. The number of hydrogen-bond acceptors (Lipinski definition) is 6. The van der Waals surface area contributed by atoms with Crippen molar-refractivity contribution in [3.63, 3.8) is 0 Å². The number of carbonyl (C=O) groups excluding carboxylic acids is 2. The number of hydrogen-bond donors (Lipinski definition) is 1. The van der Waals surface area contributed by atoms with Crippen molar-refractivity contribution >= 4 is 50.7 Å². The molecule has 1 N–H and O–H groups in total. The molecule has 5 nitrogen and oxygen atoms in total. The van der Waals surface area contributed by atoms with Crippen LogP contribution >= 0.6 is 23.1 Å². The van der Waals surface area contributed by atoms with E-state index in [1.165, 1.54) is 35.5 Å². The van der Waals surface area contributed by atoms with E-state index in [0.29, 0.717) is 17.2 Å². The molecule has 0 bridgehead atoms. The zero-order valence-electron chi connectivity index (χ0n) is 16.7. The number of benzene rings is 1. The maximum Gasteiger partial charge on any atom is 0.234 e. The quantitative estimate of drug-likeness (QED) is 0.351. The molecule has 1 aromatic carbocycles. The van der Waals surface area contributed by atoms with Crippen molar-refractivity contribution in [2.45, 2.75) is 45.1 Å². The van der Waals surface area contributed by atoms with Gasteiger partial charge in [-0.1, -0.05) is 18.7 Å². The van der Waals surface area contributed by atoms with Gasteiger partial charge in [0.25, 0.3) is 0 Å². The van der Waals surface area contributed by atoms with Gasteiger partial charge in [0, 0.05) is 21.5 Å². The van der Waals surface area contributed by atoms with Crippen molar-refractivity contribution in [1.82, 2.24) is 9.97 Å². The van der Waals surface area contributed by atoms with E-state index in [4.69, 9.17) is 0 Å². The fraction of sp³-hybridized carbons (Fsp3) is 0.364. The smallest absolute Gasteiger partial charge is 0.234 e. The minimum absolute atomic E-state index is 0.00932. The van der Waals surface area contributed by atoms with Gasteiger partial charge in [0.2, 0.25) is 5.91 Å². The fourth-order valence-electron chi connectivity index (χ4n) is 3.63. The second-order valence-corrected chi connectivity index (χ2v) is 9.63. The van der Waals surface area contributed by atoms with Gasteiger partial charge in [-0.05, 0) is 68.9 Å². The minimum Gasteiger partial charge on any atom is -0.325 e. The number of anilines is 1. The maximum atomic E-state index is 12.5. The van der Waals surface area contributed by atoms with Crippen LogP contribution in [0.4, 0.5) is 5.69 Å². The summed E-state index contributed by atoms with van der Waals surface area (Å²) in [4.78, 5) is 35.6. The van der Waals surface area contributed by atoms with Crippen LogP contribution in [0.15, 0.2) is 29.3 Å². The summed E-state index contributed by atoms with van der Waals surface area (Å²) in [7, 11) is 0. The Morgan fingerprint density at radius 3 is 2.72 bits per heavy atom. The van der Waals surface area contributed by atoms with E-state index in [1.807, 2.05) is 6.92 Å². The van der Waals surface area contributed by atoms with Gasteiger partial charge in [0.15, 0.2) is 5.78 Å². The third kappa shape index (κ3) is 4.36. The van der Waals surface area contributed by atoms with Gasteiger partial charge in [-0.25, -0.2) is 9.97 Å². The lowest BCUT2D eigenvalue weighted by Gasteiger charge is -2.18. The molecule has 7 heteroatoms. The van der Waals surface area contributed by atoms with E-state index in [9.17, 15) is 9.59 Å². The summed E-state index contributed by atoms with van der Waals surface area (Å²) in [5.41, 5.74) is 2.70. The highest BCUT2D eigenvalue weighted by Crippen LogP contribution is 2.40. The van der Waals surface area contributed by atoms with E-state index >= 15 is 0 Å². The average Bonchev–Trinajstić information content (AvgIpc) is 3.03. The second-order valence-electron chi connectivity index (χ2n) is 7.58. The number of nitrogens with one attached hydrogen (secondary N) is 1. The topological polar surface area (TPSA) is 72.0 Å². The Hall–Kier alpha value is -2.25. The SMILES string of the molecule is CC(=O)c1ccc(NC(=O)CSc2nc(C)nc3sc4c(c23)CCC(C)C4)cc1. The predicted octanol–water partition coefficient (Wildman–Crippen LogP) is 5.06.